The van der Waals surface area contributed by atoms with Crippen molar-refractivity contribution < 1.29 is 9.84 Å². The van der Waals surface area contributed by atoms with E-state index in [2.05, 4.69) is 29.4 Å². The molecule has 0 amide bonds. The van der Waals surface area contributed by atoms with E-state index in [9.17, 15) is 5.11 Å². The predicted molar refractivity (Wildman–Crippen MR) is 157 cm³/mol. The van der Waals surface area contributed by atoms with E-state index in [1.165, 1.54) is 89.0 Å². The van der Waals surface area contributed by atoms with Crippen molar-refractivity contribution in [2.45, 2.75) is 109 Å². The highest BCUT2D eigenvalue weighted by molar-refractivity contribution is 5.62. The number of benzene rings is 2. The van der Waals surface area contributed by atoms with Crippen LogP contribution in [0.2, 0.25) is 0 Å². The van der Waals surface area contributed by atoms with Crippen molar-refractivity contribution in [1.82, 2.24) is 15.0 Å². The highest BCUT2D eigenvalue weighted by atomic mass is 16.5. The van der Waals surface area contributed by atoms with Gasteiger partial charge in [0.1, 0.15) is 24.2 Å². The molecule has 0 aliphatic rings. The maximum absolute atomic E-state index is 10.5. The minimum Gasteiger partial charge on any atom is -0.491 e. The Labute approximate surface area is 229 Å². The molecule has 1 unspecified atom stereocenters. The van der Waals surface area contributed by atoms with E-state index < -0.39 is 6.10 Å². The summed E-state index contributed by atoms with van der Waals surface area (Å²) in [6.07, 6.45) is 20.0. The summed E-state index contributed by atoms with van der Waals surface area (Å²) in [5.74, 6) is 0.801. The Morgan fingerprint density at radius 3 is 2.18 bits per heavy atom. The van der Waals surface area contributed by atoms with E-state index in [4.69, 9.17) is 10.5 Å². The van der Waals surface area contributed by atoms with Gasteiger partial charge in [-0.05, 0) is 42.7 Å². The summed E-state index contributed by atoms with van der Waals surface area (Å²) in [7, 11) is 0. The molecule has 1 aromatic heterocycles. The number of hydrogen-bond acceptors (Lipinski definition) is 5. The highest BCUT2D eigenvalue weighted by Gasteiger charge is 2.10. The van der Waals surface area contributed by atoms with E-state index in [0.29, 0.717) is 12.2 Å². The molecule has 1 heterocycles. The fourth-order valence-electron chi connectivity index (χ4n) is 4.82. The second kappa shape index (κ2) is 17.6. The van der Waals surface area contributed by atoms with Crippen molar-refractivity contribution in [3.63, 3.8) is 0 Å². The molecular weight excluding hydrogens is 472 g/mol. The molecular formula is C32H48N4O2. The zero-order valence-electron chi connectivity index (χ0n) is 23.4. The van der Waals surface area contributed by atoms with Crippen molar-refractivity contribution in [1.29, 1.82) is 0 Å². The van der Waals surface area contributed by atoms with Gasteiger partial charge in [0, 0.05) is 11.3 Å². The van der Waals surface area contributed by atoms with Crippen LogP contribution in [-0.2, 0) is 13.0 Å². The van der Waals surface area contributed by atoms with Crippen LogP contribution in [0.1, 0.15) is 96.0 Å². The number of aliphatic hydroxyl groups is 1. The van der Waals surface area contributed by atoms with Gasteiger partial charge in [-0.2, -0.15) is 0 Å². The maximum atomic E-state index is 10.5. The molecule has 1 atom stereocenters. The number of nitrogens with zero attached hydrogens (tertiary/aromatic N) is 3. The lowest BCUT2D eigenvalue weighted by atomic mass is 10.0. The first-order valence-corrected chi connectivity index (χ1v) is 14.8. The molecule has 0 fully saturated rings. The van der Waals surface area contributed by atoms with Crippen LogP contribution in [-0.4, -0.2) is 32.8 Å². The molecule has 0 saturated carbocycles. The van der Waals surface area contributed by atoms with Crippen LogP contribution in [0, 0.1) is 0 Å². The molecule has 0 spiro atoms. The van der Waals surface area contributed by atoms with Crippen LogP contribution >= 0.6 is 0 Å². The number of ether oxygens (including phenoxy) is 1. The third kappa shape index (κ3) is 11.7. The van der Waals surface area contributed by atoms with Gasteiger partial charge in [0.15, 0.2) is 0 Å². The lowest BCUT2D eigenvalue weighted by Gasteiger charge is -2.13. The van der Waals surface area contributed by atoms with E-state index in [0.717, 1.165) is 23.4 Å². The van der Waals surface area contributed by atoms with Gasteiger partial charge >= 0.3 is 0 Å². The molecule has 0 saturated heterocycles. The molecule has 3 aromatic rings. The van der Waals surface area contributed by atoms with Crippen LogP contribution in [0.3, 0.4) is 0 Å². The molecule has 3 rings (SSSR count). The monoisotopic (exact) mass is 520 g/mol. The zero-order chi connectivity index (χ0) is 26.8. The van der Waals surface area contributed by atoms with Crippen LogP contribution in [0.5, 0.6) is 5.75 Å². The third-order valence-electron chi connectivity index (χ3n) is 7.03. The van der Waals surface area contributed by atoms with Crippen molar-refractivity contribution in [3.05, 3.63) is 60.3 Å². The quantitative estimate of drug-likeness (QED) is 0.118. The predicted octanol–water partition coefficient (Wildman–Crippen LogP) is 7.60. The Hall–Kier alpha value is -2.86. The first kappa shape index (κ1) is 29.7. The van der Waals surface area contributed by atoms with Gasteiger partial charge in [0.05, 0.1) is 12.7 Å². The number of nitrogens with two attached hydrogens (primary N) is 1. The third-order valence-corrected chi connectivity index (χ3v) is 7.03. The van der Waals surface area contributed by atoms with Gasteiger partial charge in [0.2, 0.25) is 0 Å². The summed E-state index contributed by atoms with van der Waals surface area (Å²) < 4.78 is 7.52. The molecule has 0 radical (unpaired) electrons. The molecule has 0 aliphatic heterocycles. The Balaban J connectivity index is 1.25. The van der Waals surface area contributed by atoms with E-state index >= 15 is 0 Å². The number of aromatic nitrogens is 3. The van der Waals surface area contributed by atoms with Gasteiger partial charge in [0.25, 0.3) is 0 Å². The lowest BCUT2D eigenvalue weighted by molar-refractivity contribution is 0.0888. The van der Waals surface area contributed by atoms with Gasteiger partial charge in [-0.15, -0.1) is 5.10 Å². The lowest BCUT2D eigenvalue weighted by Crippen LogP contribution is -2.24. The number of unbranched alkanes of at least 4 members (excludes halogenated alkanes) is 12. The standard InChI is InChI=1S/C32H48N4O2/c1-2-3-4-5-6-7-8-9-10-11-12-13-14-17-27-18-15-21-31(22-27)38-26-30(37)24-36-25-32(34-35-36)28-19-16-20-29(33)23-28/h15-16,18-23,25,30,37H,2-14,17,24,26,33H2,1H3. The Morgan fingerprint density at radius 1 is 0.842 bits per heavy atom. The first-order chi connectivity index (χ1) is 18.6. The van der Waals surface area contributed by atoms with Crippen LogP contribution < -0.4 is 10.5 Å². The van der Waals surface area contributed by atoms with Crippen LogP contribution in [0.15, 0.2) is 54.7 Å². The fourth-order valence-corrected chi connectivity index (χ4v) is 4.82. The molecule has 38 heavy (non-hydrogen) atoms. The van der Waals surface area contributed by atoms with Crippen molar-refractivity contribution >= 4 is 5.69 Å². The van der Waals surface area contributed by atoms with Gasteiger partial charge in [-0.25, -0.2) is 4.68 Å². The fraction of sp³-hybridized carbons (Fsp3) is 0.562. The summed E-state index contributed by atoms with van der Waals surface area (Å²) in [6, 6.07) is 15.8. The Bertz CT molecular complexity index is 1040. The molecule has 6 heteroatoms. The largest absolute Gasteiger partial charge is 0.491 e. The summed E-state index contributed by atoms with van der Waals surface area (Å²) in [4.78, 5) is 0. The summed E-state index contributed by atoms with van der Waals surface area (Å²) in [6.45, 7) is 2.80. The number of aryl methyl sites for hydroxylation is 1. The van der Waals surface area contributed by atoms with Crippen LogP contribution in [0.4, 0.5) is 5.69 Å². The average molecular weight is 521 g/mol. The molecule has 2 aromatic carbocycles. The van der Waals surface area contributed by atoms with Crippen LogP contribution in [0.25, 0.3) is 11.3 Å². The maximum Gasteiger partial charge on any atom is 0.119 e. The molecule has 0 aliphatic carbocycles. The SMILES string of the molecule is CCCCCCCCCCCCCCCc1cccc(OCC(O)Cn2cc(-c3cccc(N)c3)nn2)c1. The topological polar surface area (TPSA) is 86.2 Å². The Morgan fingerprint density at radius 2 is 1.50 bits per heavy atom. The average Bonchev–Trinajstić information content (AvgIpc) is 3.39. The van der Waals surface area contributed by atoms with E-state index in [1.54, 1.807) is 4.68 Å². The molecule has 208 valence electrons. The highest BCUT2D eigenvalue weighted by Crippen LogP contribution is 2.20. The summed E-state index contributed by atoms with van der Waals surface area (Å²) >= 11 is 0. The second-order valence-corrected chi connectivity index (χ2v) is 10.6. The smallest absolute Gasteiger partial charge is 0.119 e. The van der Waals surface area contributed by atoms with Gasteiger partial charge in [-0.1, -0.05) is 113 Å². The minimum atomic E-state index is -0.685. The van der Waals surface area contributed by atoms with Gasteiger partial charge in [-0.3, -0.25) is 0 Å². The van der Waals surface area contributed by atoms with Crippen molar-refractivity contribution in [2.24, 2.45) is 0 Å². The molecule has 0 bridgehead atoms. The van der Waals surface area contributed by atoms with Crippen molar-refractivity contribution in [2.75, 3.05) is 12.3 Å². The second-order valence-electron chi connectivity index (χ2n) is 10.6. The molecule has 6 nitrogen and oxygen atoms in total. The number of aliphatic hydroxyl groups excluding tert-OH is 1. The summed E-state index contributed by atoms with van der Waals surface area (Å²) in [5, 5.41) is 18.8. The van der Waals surface area contributed by atoms with E-state index in [1.807, 2.05) is 42.6 Å². The number of anilines is 1. The first-order valence-electron chi connectivity index (χ1n) is 14.8. The number of nitrogen functional groups attached to an aromatic ring is 1. The summed E-state index contributed by atoms with van der Waals surface area (Å²) in [5.41, 5.74) is 9.47. The Kier molecular flexibility index (Phi) is 13.8. The van der Waals surface area contributed by atoms with Crippen molar-refractivity contribution in [3.8, 4) is 17.0 Å². The van der Waals surface area contributed by atoms with E-state index in [-0.39, 0.29) is 6.61 Å². The number of rotatable bonds is 20. The zero-order valence-corrected chi connectivity index (χ0v) is 23.4. The number of hydrogen-bond donors (Lipinski definition) is 2. The minimum absolute atomic E-state index is 0.204. The van der Waals surface area contributed by atoms with Gasteiger partial charge < -0.3 is 15.6 Å². The normalized spacial score (nSPS) is 12.1. The molecule has 3 N–H and O–H groups in total.